The highest BCUT2D eigenvalue weighted by Gasteiger charge is 2.58. The Labute approximate surface area is 161 Å². The van der Waals surface area contributed by atoms with Crippen LogP contribution in [0.5, 0.6) is 0 Å². The van der Waals surface area contributed by atoms with Crippen molar-refractivity contribution in [2.45, 2.75) is 31.4 Å². The molecule has 2 fully saturated rings. The summed E-state index contributed by atoms with van der Waals surface area (Å²) in [6, 6.07) is 30.8. The van der Waals surface area contributed by atoms with Crippen molar-refractivity contribution in [3.05, 3.63) is 102 Å². The van der Waals surface area contributed by atoms with E-state index in [4.69, 9.17) is 4.65 Å². The molecule has 27 heavy (non-hydrogen) atoms. The third-order valence-electron chi connectivity index (χ3n) is 6.13. The number of nitrogens with zero attached hydrogens (tertiary/aromatic N) is 1. The van der Waals surface area contributed by atoms with E-state index in [9.17, 15) is 0 Å². The molecule has 2 saturated heterocycles. The first-order valence-corrected chi connectivity index (χ1v) is 9.90. The van der Waals surface area contributed by atoms with Crippen LogP contribution in [0.15, 0.2) is 84.9 Å². The van der Waals surface area contributed by atoms with Crippen molar-refractivity contribution >= 4 is 12.5 Å². The van der Waals surface area contributed by atoms with E-state index in [1.165, 1.54) is 28.6 Å². The molecule has 1 unspecified atom stereocenters. The molecular formula is C24H24BNO. The molecule has 134 valence electrons. The molecule has 0 amide bonds. The predicted molar refractivity (Wildman–Crippen MR) is 111 cm³/mol. The highest BCUT2D eigenvalue weighted by atomic mass is 16.5. The number of rotatable bonds is 3. The van der Waals surface area contributed by atoms with Crippen LogP contribution < -0.4 is 5.46 Å². The zero-order chi connectivity index (χ0) is 18.3. The Balaban J connectivity index is 1.68. The summed E-state index contributed by atoms with van der Waals surface area (Å²) in [6.45, 7) is 3.22. The predicted octanol–water partition coefficient (Wildman–Crippen LogP) is 4.13. The van der Waals surface area contributed by atoms with Crippen LogP contribution in [0.25, 0.3) is 0 Å². The second kappa shape index (κ2) is 6.67. The fourth-order valence-electron chi connectivity index (χ4n) is 4.88. The lowest BCUT2D eigenvalue weighted by Crippen LogP contribution is -2.45. The number of hydrogen-bond acceptors (Lipinski definition) is 2. The molecular weight excluding hydrogens is 329 g/mol. The van der Waals surface area contributed by atoms with Gasteiger partial charge in [-0.05, 0) is 42.9 Å². The maximum absolute atomic E-state index is 7.04. The molecule has 0 saturated carbocycles. The molecule has 0 radical (unpaired) electrons. The molecule has 0 bridgehead atoms. The molecule has 1 atom stereocenters. The zero-order valence-corrected chi connectivity index (χ0v) is 15.7. The minimum atomic E-state index is -0.422. The first kappa shape index (κ1) is 16.8. The van der Waals surface area contributed by atoms with Gasteiger partial charge in [-0.15, -0.1) is 0 Å². The molecule has 2 aliphatic rings. The van der Waals surface area contributed by atoms with E-state index in [1.807, 2.05) is 0 Å². The van der Waals surface area contributed by atoms with Gasteiger partial charge in [0.05, 0.1) is 0 Å². The van der Waals surface area contributed by atoms with Gasteiger partial charge in [0, 0.05) is 6.04 Å². The van der Waals surface area contributed by atoms with Gasteiger partial charge in [0.1, 0.15) is 5.60 Å². The van der Waals surface area contributed by atoms with Gasteiger partial charge in [-0.25, -0.2) is 0 Å². The van der Waals surface area contributed by atoms with Crippen LogP contribution in [-0.2, 0) is 10.3 Å². The van der Waals surface area contributed by atoms with E-state index < -0.39 is 5.60 Å². The van der Waals surface area contributed by atoms with Crippen molar-refractivity contribution in [3.8, 4) is 0 Å². The summed E-state index contributed by atoms with van der Waals surface area (Å²) in [5.41, 5.74) is 4.62. The van der Waals surface area contributed by atoms with Gasteiger partial charge in [-0.3, -0.25) is 0 Å². The third-order valence-corrected chi connectivity index (χ3v) is 6.13. The quantitative estimate of drug-likeness (QED) is 0.657. The number of fused-ring (bicyclic) bond motifs is 1. The second-order valence-electron chi connectivity index (χ2n) is 7.74. The minimum Gasteiger partial charge on any atom is -0.402 e. The average molecular weight is 353 g/mol. The van der Waals surface area contributed by atoms with Crippen molar-refractivity contribution in [2.24, 2.45) is 0 Å². The molecule has 2 aliphatic heterocycles. The Morgan fingerprint density at radius 1 is 0.852 bits per heavy atom. The van der Waals surface area contributed by atoms with E-state index in [0.29, 0.717) is 6.04 Å². The smallest absolute Gasteiger partial charge is 0.402 e. The largest absolute Gasteiger partial charge is 0.419 e. The minimum absolute atomic E-state index is 0.00138. The Hall–Kier alpha value is -2.36. The van der Waals surface area contributed by atoms with Crippen LogP contribution in [0.1, 0.15) is 29.5 Å². The summed E-state index contributed by atoms with van der Waals surface area (Å²) in [5.74, 6) is 0. The number of benzene rings is 3. The summed E-state index contributed by atoms with van der Waals surface area (Å²) >= 11 is 0. The maximum Gasteiger partial charge on any atom is 0.419 e. The fourth-order valence-corrected chi connectivity index (χ4v) is 4.88. The van der Waals surface area contributed by atoms with Crippen molar-refractivity contribution in [1.82, 2.24) is 4.81 Å². The van der Waals surface area contributed by atoms with Crippen LogP contribution in [0, 0.1) is 6.92 Å². The summed E-state index contributed by atoms with van der Waals surface area (Å²) in [7, 11) is -0.00138. The van der Waals surface area contributed by atoms with E-state index in [-0.39, 0.29) is 7.05 Å². The van der Waals surface area contributed by atoms with E-state index in [2.05, 4.69) is 96.7 Å². The van der Waals surface area contributed by atoms with E-state index in [1.54, 1.807) is 0 Å². The lowest BCUT2D eigenvalue weighted by molar-refractivity contribution is 0.106. The number of aryl methyl sites for hydroxylation is 1. The van der Waals surface area contributed by atoms with Gasteiger partial charge in [-0.2, -0.15) is 0 Å². The third kappa shape index (κ3) is 2.65. The molecule has 0 N–H and O–H groups in total. The summed E-state index contributed by atoms with van der Waals surface area (Å²) in [5, 5.41) is 0. The first-order chi connectivity index (χ1) is 13.3. The van der Waals surface area contributed by atoms with Gasteiger partial charge in [-0.1, -0.05) is 90.5 Å². The van der Waals surface area contributed by atoms with Crippen molar-refractivity contribution in [3.63, 3.8) is 0 Å². The Bertz CT molecular complexity index is 871. The molecule has 0 aliphatic carbocycles. The molecule has 0 aromatic heterocycles. The van der Waals surface area contributed by atoms with Crippen molar-refractivity contribution in [2.75, 3.05) is 6.54 Å². The molecule has 2 heterocycles. The molecule has 2 nitrogen and oxygen atoms in total. The molecule has 3 heteroatoms. The number of hydrogen-bond donors (Lipinski definition) is 0. The normalized spacial score (nSPS) is 21.4. The summed E-state index contributed by atoms with van der Waals surface area (Å²) in [4.78, 5) is 2.57. The van der Waals surface area contributed by atoms with Crippen LogP contribution in [0.2, 0.25) is 0 Å². The van der Waals surface area contributed by atoms with Crippen molar-refractivity contribution < 1.29 is 4.65 Å². The fraction of sp³-hybridized carbons (Fsp3) is 0.250. The van der Waals surface area contributed by atoms with Crippen LogP contribution in [-0.4, -0.2) is 24.4 Å². The van der Waals surface area contributed by atoms with Crippen molar-refractivity contribution in [1.29, 1.82) is 0 Å². The van der Waals surface area contributed by atoms with Gasteiger partial charge >= 0.3 is 7.05 Å². The van der Waals surface area contributed by atoms with Gasteiger partial charge in [0.25, 0.3) is 0 Å². The lowest BCUT2D eigenvalue weighted by Gasteiger charge is -2.36. The first-order valence-electron chi connectivity index (χ1n) is 9.90. The standard InChI is InChI=1S/C24H24BNO/c1-19-14-16-22(17-15-19)25-26-18-8-13-23(26)24(27-25,20-9-4-2-5-10-20)21-11-6-3-7-12-21/h2-7,9-12,14-17,23H,8,13,18H2,1H3. The maximum atomic E-state index is 7.04. The lowest BCUT2D eigenvalue weighted by atomic mass is 9.72. The summed E-state index contributed by atoms with van der Waals surface area (Å²) < 4.78 is 7.04. The summed E-state index contributed by atoms with van der Waals surface area (Å²) in [6.07, 6.45) is 2.38. The van der Waals surface area contributed by atoms with Gasteiger partial charge in [0.2, 0.25) is 0 Å². The Morgan fingerprint density at radius 2 is 1.44 bits per heavy atom. The van der Waals surface area contributed by atoms with Crippen LogP contribution >= 0.6 is 0 Å². The molecule has 5 rings (SSSR count). The highest BCUT2D eigenvalue weighted by molar-refractivity contribution is 6.65. The topological polar surface area (TPSA) is 12.5 Å². The highest BCUT2D eigenvalue weighted by Crippen LogP contribution is 2.48. The van der Waals surface area contributed by atoms with E-state index >= 15 is 0 Å². The monoisotopic (exact) mass is 353 g/mol. The Kier molecular flexibility index (Phi) is 4.15. The van der Waals surface area contributed by atoms with Crippen LogP contribution in [0.4, 0.5) is 0 Å². The Morgan fingerprint density at radius 3 is 2.04 bits per heavy atom. The van der Waals surface area contributed by atoms with Crippen LogP contribution in [0.3, 0.4) is 0 Å². The molecule has 3 aromatic carbocycles. The van der Waals surface area contributed by atoms with Gasteiger partial charge < -0.3 is 9.47 Å². The average Bonchev–Trinajstić information content (AvgIpc) is 3.32. The SMILES string of the molecule is Cc1ccc(B2OC(c3ccccc3)(c3ccccc3)C3CCCN23)cc1. The van der Waals surface area contributed by atoms with Gasteiger partial charge in [0.15, 0.2) is 0 Å². The second-order valence-corrected chi connectivity index (χ2v) is 7.74. The zero-order valence-electron chi connectivity index (χ0n) is 15.7. The van der Waals surface area contributed by atoms with E-state index in [0.717, 1.165) is 13.0 Å². The molecule has 0 spiro atoms. The molecule has 3 aromatic rings.